The van der Waals surface area contributed by atoms with Crippen molar-refractivity contribution in [2.75, 3.05) is 150 Å². The summed E-state index contributed by atoms with van der Waals surface area (Å²) in [5.41, 5.74) is 10.6. The van der Waals surface area contributed by atoms with Crippen LogP contribution in [0.5, 0.6) is 17.2 Å². The third kappa shape index (κ3) is 23.4. The fraction of sp³-hybridized carbons (Fsp3) is 0.190. The minimum Gasteiger partial charge on any atom is -0.508 e. The highest BCUT2D eigenvalue weighted by atomic mass is 35.5. The highest BCUT2D eigenvalue weighted by molar-refractivity contribution is 6.39. The molecule has 140 heavy (non-hydrogen) atoms. The number of hydrogen-bond acceptors (Lipinski definition) is 20. The summed E-state index contributed by atoms with van der Waals surface area (Å²) in [7, 11) is 0. The normalized spacial score (nSPS) is 14.2. The van der Waals surface area contributed by atoms with Crippen LogP contribution in [0, 0.1) is 23.0 Å². The second-order valence-corrected chi connectivity index (χ2v) is 36.3. The summed E-state index contributed by atoms with van der Waals surface area (Å²) in [6.45, 7) is 38.9. The Kier molecular flexibility index (Phi) is 34.0. The number of phenolic OH excluding ortho intramolecular Hbond substituents is 3. The maximum absolute atomic E-state index is 15.4. The van der Waals surface area contributed by atoms with Gasteiger partial charge in [-0.3, -0.25) is 19.2 Å². The smallest absolute Gasteiger partial charge is 0.257 e. The van der Waals surface area contributed by atoms with Gasteiger partial charge in [0.2, 0.25) is 17.7 Å². The zero-order valence-electron chi connectivity index (χ0n) is 75.5. The monoisotopic (exact) mass is 2060 g/mol. The molecule has 3 aromatic heterocycles. The first-order valence-electron chi connectivity index (χ1n) is 44.1. The minimum atomic E-state index is -0.805. The van der Waals surface area contributed by atoms with E-state index in [9.17, 15) is 44.2 Å². The number of amides is 4. The summed E-state index contributed by atoms with van der Waals surface area (Å²) in [6, 6.07) is 48.7. The van der Waals surface area contributed by atoms with Gasteiger partial charge in [-0.15, -0.1) is 0 Å². The fourth-order valence-corrected chi connectivity index (χ4v) is 18.9. The van der Waals surface area contributed by atoms with Gasteiger partial charge in [0.05, 0.1) is 53.5 Å². The molecule has 35 heteroatoms. The Bertz CT molecular complexity index is 7020. The predicted molar refractivity (Wildman–Crippen MR) is 560 cm³/mol. The first-order valence-corrected chi connectivity index (χ1v) is 47.5. The molecule has 0 aliphatic carbocycles. The standard InChI is InChI=1S/C22H19ClF2N4O.2C21H18Cl2N4O.C21H20ClN3O.C20H17Cl3N2O3/c1-3-13(2)28-7-9-29(10-8-28)22-14-11-15(23)18(20(25)21(14)26-12-27-22)19-16(24)5-4-6-17(19)30;1-2-20(28)26-7-9-27(10-8-26)21-17-11-16(14-3-5-15(22)6-4-14)18(23)12-19(17)24-13-25-21;1-2-20(28)26-7-9-27(10-8-26)21-16-11-15(14-5-3-4-6-17(14)22)18(23)12-19(16)24-13-25-21;1-3-15(2)24-8-10-25(11-9-24)21-7-4-16(12-17(21)14-23)19-13-18(26)5-6-20(19)22;1-2-19(27)24-5-7-25(8-6-24)20(28)15-10-14(17(23)11-18(15)26)13-9-12(21)3-4-16(13)22/h3-6,11-12,30H,1-2,7-10H2;2*2-6,11-13H,1,7-10H2;3-7,12-13,26H,1-2,8-11H2;2-4,9-11,26H,1,5-8H2. The Morgan fingerprint density at radius 2 is 0.793 bits per heavy atom. The summed E-state index contributed by atoms with van der Waals surface area (Å²) >= 11 is 56.7. The molecule has 4 amide bonds. The number of anilines is 4. The zero-order chi connectivity index (χ0) is 99.9. The fourth-order valence-electron chi connectivity index (χ4n) is 16.8. The van der Waals surface area contributed by atoms with E-state index in [0.29, 0.717) is 173 Å². The number of fused-ring (bicyclic) bond motifs is 3. The van der Waals surface area contributed by atoms with E-state index in [1.165, 1.54) is 54.9 Å². The Hall–Kier alpha value is -13.6. The van der Waals surface area contributed by atoms with Crippen molar-refractivity contribution in [3.63, 3.8) is 0 Å². The van der Waals surface area contributed by atoms with Gasteiger partial charge in [-0.1, -0.05) is 193 Å². The number of phenols is 3. The number of aromatic hydroxyl groups is 3. The van der Waals surface area contributed by atoms with Crippen molar-refractivity contribution in [3.8, 4) is 79.0 Å². The molecular formula is C105H92Cl9F2N17O7. The molecule has 0 spiro atoms. The van der Waals surface area contributed by atoms with Crippen molar-refractivity contribution in [1.82, 2.24) is 59.3 Å². The van der Waals surface area contributed by atoms with Crippen LogP contribution in [-0.4, -0.2) is 229 Å². The van der Waals surface area contributed by atoms with Crippen LogP contribution in [0.25, 0.3) is 88.3 Å². The Morgan fingerprint density at radius 3 is 1.32 bits per heavy atom. The number of aromatic nitrogens is 6. The van der Waals surface area contributed by atoms with Crippen molar-refractivity contribution in [3.05, 3.63) is 339 Å². The average Bonchev–Trinajstić information content (AvgIpc) is 0.765. The van der Waals surface area contributed by atoms with Crippen LogP contribution in [0.1, 0.15) is 15.9 Å². The number of halogens is 11. The highest BCUT2D eigenvalue weighted by Gasteiger charge is 2.32. The lowest BCUT2D eigenvalue weighted by atomic mass is 10.0. The summed E-state index contributed by atoms with van der Waals surface area (Å²) in [5.74, 6) is -0.418. The second kappa shape index (κ2) is 46.5. The third-order valence-corrected chi connectivity index (χ3v) is 27.1. The first-order chi connectivity index (χ1) is 67.4. The van der Waals surface area contributed by atoms with Crippen LogP contribution >= 0.6 is 104 Å². The number of allylic oxidation sites excluding steroid dienone is 2. The van der Waals surface area contributed by atoms with E-state index < -0.39 is 17.4 Å². The van der Waals surface area contributed by atoms with Crippen LogP contribution in [0.4, 0.5) is 31.9 Å². The Morgan fingerprint density at radius 1 is 0.357 bits per heavy atom. The quantitative estimate of drug-likeness (QED) is 0.0565. The van der Waals surface area contributed by atoms with Crippen molar-refractivity contribution >= 4 is 184 Å². The molecule has 18 rings (SSSR count). The molecule has 5 aliphatic heterocycles. The zero-order valence-corrected chi connectivity index (χ0v) is 82.3. The van der Waals surface area contributed by atoms with E-state index in [4.69, 9.17) is 104 Å². The minimum absolute atomic E-state index is 0.0139. The maximum atomic E-state index is 15.4. The molecule has 0 atom stereocenters. The molecular weight excluding hydrogens is 1970 g/mol. The summed E-state index contributed by atoms with van der Waals surface area (Å²) in [5, 5.41) is 46.2. The Balaban J connectivity index is 0.000000139. The Labute approximate surface area is 853 Å². The van der Waals surface area contributed by atoms with Gasteiger partial charge in [0, 0.05) is 223 Å². The molecule has 0 bridgehead atoms. The van der Waals surface area contributed by atoms with Gasteiger partial charge in [0.1, 0.15) is 71.1 Å². The number of nitrogens with zero attached hydrogens (tertiary/aromatic N) is 17. The molecule has 0 unspecified atom stereocenters. The SMILES string of the molecule is C=CC(=C)N1CCN(c2ccc(-c3cc(O)ccc3Cl)cc2C#N)CC1.C=CC(=C)N1CCN(c2ncnc3c(F)c(-c4c(O)cccc4F)c(Cl)cc23)CC1.C=CC(=O)N1CCN(C(=O)c2cc(-c3cc(Cl)ccc3Cl)c(Cl)cc2O)CC1.C=CC(=O)N1CCN(c2ncnc3cc(Cl)c(-c4ccc(Cl)cc4)cc23)CC1.C=CC(=O)N1CCN(c2ncnc3cc(Cl)c(-c4ccccc4Cl)cc23)CC1. The van der Waals surface area contributed by atoms with E-state index in [2.05, 4.69) is 107 Å². The van der Waals surface area contributed by atoms with Crippen molar-refractivity contribution in [1.29, 1.82) is 5.26 Å². The lowest BCUT2D eigenvalue weighted by Crippen LogP contribution is -2.50. The number of carbonyl (C=O) groups excluding carboxylic acids is 4. The number of benzene rings is 10. The van der Waals surface area contributed by atoms with Gasteiger partial charge in [-0.05, 0) is 163 Å². The van der Waals surface area contributed by atoms with Crippen LogP contribution in [0.2, 0.25) is 45.2 Å². The number of rotatable bonds is 17. The van der Waals surface area contributed by atoms with Crippen LogP contribution in [0.3, 0.4) is 0 Å². The highest BCUT2D eigenvalue weighted by Crippen LogP contribution is 2.46. The van der Waals surface area contributed by atoms with Crippen molar-refractivity contribution in [2.45, 2.75) is 0 Å². The number of hydrogen-bond donors (Lipinski definition) is 3. The van der Waals surface area contributed by atoms with E-state index in [-0.39, 0.29) is 67.4 Å². The van der Waals surface area contributed by atoms with Crippen LogP contribution in [0.15, 0.2) is 271 Å². The van der Waals surface area contributed by atoms with Gasteiger partial charge < -0.3 is 64.3 Å². The maximum Gasteiger partial charge on any atom is 0.257 e. The number of carbonyl (C=O) groups is 4. The molecule has 13 aromatic rings. The van der Waals surface area contributed by atoms with Gasteiger partial charge in [-0.25, -0.2) is 38.7 Å². The molecule has 5 aliphatic rings. The summed E-state index contributed by atoms with van der Waals surface area (Å²) in [6.07, 6.45) is 11.8. The molecule has 5 fully saturated rings. The van der Waals surface area contributed by atoms with Gasteiger partial charge >= 0.3 is 0 Å². The van der Waals surface area contributed by atoms with Crippen LogP contribution < -0.4 is 19.6 Å². The molecule has 0 saturated carbocycles. The molecule has 8 heterocycles. The lowest BCUT2D eigenvalue weighted by Gasteiger charge is -2.38. The van der Waals surface area contributed by atoms with E-state index >= 15 is 4.39 Å². The van der Waals surface area contributed by atoms with E-state index in [1.807, 2.05) is 95.9 Å². The largest absolute Gasteiger partial charge is 0.508 e. The number of piperazine rings is 5. The predicted octanol–water partition coefficient (Wildman–Crippen LogP) is 22.5. The lowest BCUT2D eigenvalue weighted by molar-refractivity contribution is -0.127. The van der Waals surface area contributed by atoms with Gasteiger partial charge in [0.25, 0.3) is 5.91 Å². The van der Waals surface area contributed by atoms with Crippen molar-refractivity contribution in [2.24, 2.45) is 0 Å². The van der Waals surface area contributed by atoms with Crippen LogP contribution in [-0.2, 0) is 14.4 Å². The van der Waals surface area contributed by atoms with Gasteiger partial charge in [-0.2, -0.15) is 5.26 Å². The molecule has 3 N–H and O–H groups in total. The topological polar surface area (TPSA) is 262 Å². The molecule has 24 nitrogen and oxygen atoms in total. The molecule has 10 aromatic carbocycles. The molecule has 0 radical (unpaired) electrons. The first kappa shape index (κ1) is 102. The van der Waals surface area contributed by atoms with Gasteiger partial charge in [0.15, 0.2) is 5.82 Å². The average molecular weight is 2060 g/mol. The second-order valence-electron chi connectivity index (χ2n) is 32.5. The summed E-state index contributed by atoms with van der Waals surface area (Å²) in [4.78, 5) is 94.2. The van der Waals surface area contributed by atoms with Crippen molar-refractivity contribution < 1.29 is 43.3 Å². The summed E-state index contributed by atoms with van der Waals surface area (Å²) < 4.78 is 29.8. The third-order valence-electron chi connectivity index (χ3n) is 24.3. The van der Waals surface area contributed by atoms with E-state index in [1.54, 1.807) is 80.8 Å². The van der Waals surface area contributed by atoms with E-state index in [0.717, 1.165) is 111 Å². The number of nitriles is 1. The molecule has 716 valence electrons. The molecule has 5 saturated heterocycles.